The van der Waals surface area contributed by atoms with Crippen molar-refractivity contribution in [3.8, 4) is 0 Å². The van der Waals surface area contributed by atoms with Crippen LogP contribution in [0.2, 0.25) is 0 Å². The molecule has 2 rings (SSSR count). The molecule has 1 aliphatic carbocycles. The van der Waals surface area contributed by atoms with E-state index in [0.717, 1.165) is 12.8 Å². The minimum atomic E-state index is -0.254. The van der Waals surface area contributed by atoms with Crippen LogP contribution in [0.25, 0.3) is 0 Å². The molecule has 1 amide bonds. The molecule has 0 spiro atoms. The number of nitrogens with one attached hydrogen (secondary N) is 2. The Kier molecular flexibility index (Phi) is 4.18. The van der Waals surface area contributed by atoms with Gasteiger partial charge in [0.1, 0.15) is 5.82 Å². The van der Waals surface area contributed by atoms with Gasteiger partial charge in [0, 0.05) is 17.3 Å². The van der Waals surface area contributed by atoms with Crippen molar-refractivity contribution in [2.75, 3.05) is 11.9 Å². The van der Waals surface area contributed by atoms with Gasteiger partial charge in [-0.05, 0) is 31.9 Å². The molecule has 0 heterocycles. The van der Waals surface area contributed by atoms with Gasteiger partial charge in [0.2, 0.25) is 5.91 Å². The third-order valence-electron chi connectivity index (χ3n) is 3.43. The van der Waals surface area contributed by atoms with E-state index in [2.05, 4.69) is 10.6 Å². The maximum absolute atomic E-state index is 13.3. The summed E-state index contributed by atoms with van der Waals surface area (Å²) in [6, 6.07) is 5.16. The Morgan fingerprint density at radius 3 is 2.83 bits per heavy atom. The first kappa shape index (κ1) is 12.9. The van der Waals surface area contributed by atoms with E-state index in [9.17, 15) is 9.18 Å². The topological polar surface area (TPSA) is 41.1 Å². The van der Waals surface area contributed by atoms with Crippen LogP contribution in [0.4, 0.5) is 10.1 Å². The Balaban J connectivity index is 1.83. The van der Waals surface area contributed by atoms with Crippen LogP contribution in [0.15, 0.2) is 18.2 Å². The molecule has 0 unspecified atom stereocenters. The highest BCUT2D eigenvalue weighted by Crippen LogP contribution is 2.18. The van der Waals surface area contributed by atoms with E-state index in [0.29, 0.717) is 17.3 Å². The molecule has 0 radical (unpaired) electrons. The highest BCUT2D eigenvalue weighted by molar-refractivity contribution is 5.81. The third kappa shape index (κ3) is 3.22. The van der Waals surface area contributed by atoms with Gasteiger partial charge in [-0.15, -0.1) is 0 Å². The summed E-state index contributed by atoms with van der Waals surface area (Å²) in [5, 5.41) is 5.96. The van der Waals surface area contributed by atoms with Crippen LogP contribution in [0.5, 0.6) is 0 Å². The van der Waals surface area contributed by atoms with Crippen molar-refractivity contribution < 1.29 is 9.18 Å². The highest BCUT2D eigenvalue weighted by Gasteiger charge is 2.16. The van der Waals surface area contributed by atoms with Gasteiger partial charge in [-0.1, -0.05) is 18.9 Å². The first-order chi connectivity index (χ1) is 8.66. The lowest BCUT2D eigenvalue weighted by Gasteiger charge is -2.14. The summed E-state index contributed by atoms with van der Waals surface area (Å²) < 4.78 is 13.3. The van der Waals surface area contributed by atoms with Crippen molar-refractivity contribution >= 4 is 11.6 Å². The molecule has 0 aliphatic heterocycles. The Morgan fingerprint density at radius 1 is 1.39 bits per heavy atom. The molecule has 3 nitrogen and oxygen atoms in total. The predicted molar refractivity (Wildman–Crippen MR) is 70.0 cm³/mol. The lowest BCUT2D eigenvalue weighted by atomic mass is 10.2. The second kappa shape index (κ2) is 5.85. The standard InChI is InChI=1S/C14H19FN2O/c1-10-12(15)7-4-8-13(10)16-9-14(18)17-11-5-2-3-6-11/h4,7-8,11,16H,2-3,5-6,9H2,1H3,(H,17,18). The zero-order valence-electron chi connectivity index (χ0n) is 10.6. The number of amides is 1. The average molecular weight is 250 g/mol. The van der Waals surface area contributed by atoms with Gasteiger partial charge in [-0.2, -0.15) is 0 Å². The molecule has 2 N–H and O–H groups in total. The molecule has 0 saturated heterocycles. The van der Waals surface area contributed by atoms with Gasteiger partial charge >= 0.3 is 0 Å². The molecule has 1 aromatic rings. The monoisotopic (exact) mass is 250 g/mol. The van der Waals surface area contributed by atoms with E-state index in [-0.39, 0.29) is 18.3 Å². The second-order valence-corrected chi connectivity index (χ2v) is 4.81. The van der Waals surface area contributed by atoms with Crippen LogP contribution < -0.4 is 10.6 Å². The van der Waals surface area contributed by atoms with Gasteiger partial charge in [-0.3, -0.25) is 4.79 Å². The normalized spacial score (nSPS) is 15.7. The zero-order chi connectivity index (χ0) is 13.0. The second-order valence-electron chi connectivity index (χ2n) is 4.81. The average Bonchev–Trinajstić information content (AvgIpc) is 2.84. The molecule has 18 heavy (non-hydrogen) atoms. The van der Waals surface area contributed by atoms with Crippen molar-refractivity contribution in [3.63, 3.8) is 0 Å². The fourth-order valence-electron chi connectivity index (χ4n) is 2.32. The van der Waals surface area contributed by atoms with E-state index in [4.69, 9.17) is 0 Å². The molecule has 1 fully saturated rings. The molecule has 0 bridgehead atoms. The first-order valence-electron chi connectivity index (χ1n) is 6.45. The number of rotatable bonds is 4. The minimum absolute atomic E-state index is 0.0226. The summed E-state index contributed by atoms with van der Waals surface area (Å²) in [5.74, 6) is -0.276. The molecular weight excluding hydrogens is 231 g/mol. The van der Waals surface area contributed by atoms with Gasteiger partial charge in [0.15, 0.2) is 0 Å². The van der Waals surface area contributed by atoms with E-state index in [1.807, 2.05) is 0 Å². The maximum atomic E-state index is 13.3. The van der Waals surface area contributed by atoms with Crippen LogP contribution in [-0.2, 0) is 4.79 Å². The van der Waals surface area contributed by atoms with E-state index in [1.54, 1.807) is 19.1 Å². The lowest BCUT2D eigenvalue weighted by Crippen LogP contribution is -2.36. The summed E-state index contributed by atoms with van der Waals surface area (Å²) in [7, 11) is 0. The van der Waals surface area contributed by atoms with Crippen LogP contribution >= 0.6 is 0 Å². The number of benzene rings is 1. The fourth-order valence-corrected chi connectivity index (χ4v) is 2.32. The van der Waals surface area contributed by atoms with Crippen LogP contribution in [0.3, 0.4) is 0 Å². The molecular formula is C14H19FN2O. The summed E-state index contributed by atoms with van der Waals surface area (Å²) in [6.07, 6.45) is 4.54. The smallest absolute Gasteiger partial charge is 0.239 e. The number of hydrogen-bond acceptors (Lipinski definition) is 2. The lowest BCUT2D eigenvalue weighted by molar-refractivity contribution is -0.120. The van der Waals surface area contributed by atoms with Crippen molar-refractivity contribution in [3.05, 3.63) is 29.6 Å². The number of carbonyl (C=O) groups excluding carboxylic acids is 1. The van der Waals surface area contributed by atoms with Crippen molar-refractivity contribution in [2.45, 2.75) is 38.6 Å². The van der Waals surface area contributed by atoms with Gasteiger partial charge in [0.05, 0.1) is 6.54 Å². The third-order valence-corrected chi connectivity index (χ3v) is 3.43. The number of hydrogen-bond donors (Lipinski definition) is 2. The van der Waals surface area contributed by atoms with Gasteiger partial charge in [0.25, 0.3) is 0 Å². The molecule has 1 saturated carbocycles. The summed E-state index contributed by atoms with van der Waals surface area (Å²) in [6.45, 7) is 1.90. The maximum Gasteiger partial charge on any atom is 0.239 e. The molecule has 0 atom stereocenters. The Hall–Kier alpha value is -1.58. The molecule has 1 aliphatic rings. The Labute approximate surface area is 107 Å². The van der Waals surface area contributed by atoms with Crippen molar-refractivity contribution in [1.29, 1.82) is 0 Å². The molecule has 98 valence electrons. The molecule has 1 aromatic carbocycles. The number of carbonyl (C=O) groups is 1. The minimum Gasteiger partial charge on any atom is -0.376 e. The summed E-state index contributed by atoms with van der Waals surface area (Å²) >= 11 is 0. The van der Waals surface area contributed by atoms with Crippen LogP contribution in [-0.4, -0.2) is 18.5 Å². The van der Waals surface area contributed by atoms with E-state index in [1.165, 1.54) is 18.9 Å². The van der Waals surface area contributed by atoms with Crippen LogP contribution in [0.1, 0.15) is 31.2 Å². The highest BCUT2D eigenvalue weighted by atomic mass is 19.1. The largest absolute Gasteiger partial charge is 0.376 e. The predicted octanol–water partition coefficient (Wildman–Crippen LogP) is 2.60. The van der Waals surface area contributed by atoms with E-state index < -0.39 is 0 Å². The van der Waals surface area contributed by atoms with Gasteiger partial charge < -0.3 is 10.6 Å². The van der Waals surface area contributed by atoms with E-state index >= 15 is 0 Å². The fraction of sp³-hybridized carbons (Fsp3) is 0.500. The Morgan fingerprint density at radius 2 is 2.11 bits per heavy atom. The SMILES string of the molecule is Cc1c(F)cccc1NCC(=O)NC1CCCC1. The molecule has 4 heteroatoms. The summed E-state index contributed by atoms with van der Waals surface area (Å²) in [4.78, 5) is 11.7. The Bertz CT molecular complexity index is 428. The van der Waals surface area contributed by atoms with Crippen LogP contribution in [0, 0.1) is 12.7 Å². The van der Waals surface area contributed by atoms with Crippen molar-refractivity contribution in [1.82, 2.24) is 5.32 Å². The van der Waals surface area contributed by atoms with Gasteiger partial charge in [-0.25, -0.2) is 4.39 Å². The molecule has 0 aromatic heterocycles. The summed E-state index contributed by atoms with van der Waals surface area (Å²) in [5.41, 5.74) is 1.22. The first-order valence-corrected chi connectivity index (χ1v) is 6.45. The number of anilines is 1. The zero-order valence-corrected chi connectivity index (χ0v) is 10.6. The quantitative estimate of drug-likeness (QED) is 0.862. The van der Waals surface area contributed by atoms with Crippen molar-refractivity contribution in [2.24, 2.45) is 0 Å². The number of halogens is 1.